The number of nitrogens with one attached hydrogen (secondary N) is 1. The second kappa shape index (κ2) is 44.4. The van der Waals surface area contributed by atoms with Gasteiger partial charge in [0.05, 0.1) is 0 Å². The molecule has 0 atom stereocenters. The van der Waals surface area contributed by atoms with Crippen molar-refractivity contribution < 1.29 is 0 Å². The summed E-state index contributed by atoms with van der Waals surface area (Å²) in [6, 6.07) is 0. The van der Waals surface area contributed by atoms with E-state index >= 15 is 0 Å². The number of hydrogen-bond donors (Lipinski definition) is 1. The van der Waals surface area contributed by atoms with Crippen LogP contribution in [0.1, 0.15) is 240 Å². The Morgan fingerprint density at radius 3 is 0.929 bits per heavy atom. The predicted molar refractivity (Wildman–Crippen MR) is 254 cm³/mol. The first kappa shape index (κ1) is 53.8. The molecule has 0 radical (unpaired) electrons. The molecule has 1 fully saturated rings. The minimum Gasteiger partial charge on any atom is -0.315 e. The molecule has 1 rings (SSSR count). The molecule has 0 bridgehead atoms. The van der Waals surface area contributed by atoms with Crippen molar-refractivity contribution in [2.24, 2.45) is 0 Å². The quantitative estimate of drug-likeness (QED) is 0.0620. The Kier molecular flexibility index (Phi) is 42.6. The van der Waals surface area contributed by atoms with Crippen molar-refractivity contribution in [3.05, 3.63) is 0 Å². The van der Waals surface area contributed by atoms with E-state index in [1.54, 1.807) is 0 Å². The van der Waals surface area contributed by atoms with Crippen LogP contribution in [0, 0.1) is 0 Å². The Bertz CT molecular complexity index is 707. The van der Waals surface area contributed by atoms with Crippen LogP contribution in [-0.2, 0) is 0 Å². The number of hydrogen-bond acceptors (Lipinski definition) is 5. The van der Waals surface area contributed by atoms with Gasteiger partial charge in [-0.3, -0.25) is 9.80 Å². The fourth-order valence-corrected chi connectivity index (χ4v) is 8.80. The van der Waals surface area contributed by atoms with Gasteiger partial charge in [-0.15, -0.1) is 0 Å². The zero-order valence-electron chi connectivity index (χ0n) is 39.5. The summed E-state index contributed by atoms with van der Waals surface area (Å²) >= 11 is 0. The van der Waals surface area contributed by atoms with Crippen LogP contribution in [0.3, 0.4) is 0 Å². The highest BCUT2D eigenvalue weighted by Crippen LogP contribution is 2.14. The van der Waals surface area contributed by atoms with Gasteiger partial charge in [0.2, 0.25) is 0 Å². The summed E-state index contributed by atoms with van der Waals surface area (Å²) in [5.74, 6) is 0. The van der Waals surface area contributed by atoms with Gasteiger partial charge in [0.25, 0.3) is 0 Å². The molecule has 1 heterocycles. The number of piperazine rings is 1. The lowest BCUT2D eigenvalue weighted by atomic mass is 10.1. The molecular formula is C51H107N5. The van der Waals surface area contributed by atoms with E-state index < -0.39 is 0 Å². The third kappa shape index (κ3) is 36.8. The summed E-state index contributed by atoms with van der Waals surface area (Å²) in [4.78, 5) is 11.2. The van der Waals surface area contributed by atoms with Crippen molar-refractivity contribution >= 4 is 0 Å². The normalized spacial score (nSPS) is 14.2. The second-order valence-electron chi connectivity index (χ2n) is 18.4. The van der Waals surface area contributed by atoms with Gasteiger partial charge < -0.3 is 15.1 Å². The molecule has 0 unspecified atom stereocenters. The smallest absolute Gasteiger partial charge is 0.0110 e. The maximum atomic E-state index is 3.77. The first-order chi connectivity index (χ1) is 27.7. The molecule has 1 N–H and O–H groups in total. The van der Waals surface area contributed by atoms with Crippen LogP contribution in [0.4, 0.5) is 0 Å². The number of unbranched alkanes of at least 4 members (excludes halogenated alkanes) is 29. The Hall–Kier alpha value is -0.200. The van der Waals surface area contributed by atoms with E-state index in [-0.39, 0.29) is 0 Å². The van der Waals surface area contributed by atoms with E-state index in [4.69, 9.17) is 0 Å². The molecule has 0 aliphatic carbocycles. The third-order valence-corrected chi connectivity index (χ3v) is 13.0. The number of nitrogens with zero attached hydrogens (tertiary/aromatic N) is 4. The maximum absolute atomic E-state index is 3.77. The van der Waals surface area contributed by atoms with Gasteiger partial charge in [-0.1, -0.05) is 214 Å². The lowest BCUT2D eigenvalue weighted by molar-refractivity contribution is 0.114. The standard InChI is InChI=1S/C51H107N5/c1-5-9-13-17-21-22-23-24-25-26-30-34-38-52-39-43-55-47-50-56(51-48-55)49-46-54(42-37-33-29-20-16-12-8-4)45-44-53(40-35-31-27-18-14-10-6-2)41-36-32-28-19-15-11-7-3/h52H,5-51H2,1-4H3. The average molecular weight is 790 g/mol. The molecule has 0 aromatic heterocycles. The molecule has 5 heteroatoms. The van der Waals surface area contributed by atoms with Crippen molar-refractivity contribution in [2.45, 2.75) is 240 Å². The average Bonchev–Trinajstić information content (AvgIpc) is 3.21. The van der Waals surface area contributed by atoms with Gasteiger partial charge in [-0.05, 0) is 51.9 Å². The van der Waals surface area contributed by atoms with Gasteiger partial charge >= 0.3 is 0 Å². The molecule has 0 aromatic rings. The molecule has 1 aliphatic heterocycles. The van der Waals surface area contributed by atoms with E-state index in [0.29, 0.717) is 0 Å². The van der Waals surface area contributed by atoms with Crippen LogP contribution in [-0.4, -0.2) is 111 Å². The minimum atomic E-state index is 1.17. The number of rotatable bonds is 46. The highest BCUT2D eigenvalue weighted by atomic mass is 15.3. The van der Waals surface area contributed by atoms with Crippen molar-refractivity contribution in [1.82, 2.24) is 24.9 Å². The van der Waals surface area contributed by atoms with Crippen molar-refractivity contribution in [2.75, 3.05) is 91.6 Å². The van der Waals surface area contributed by atoms with Crippen LogP contribution in [0.25, 0.3) is 0 Å². The monoisotopic (exact) mass is 790 g/mol. The molecule has 1 aliphatic rings. The Balaban J connectivity index is 2.37. The highest BCUT2D eigenvalue weighted by molar-refractivity contribution is 4.75. The summed E-state index contributed by atoms with van der Waals surface area (Å²) < 4.78 is 0. The van der Waals surface area contributed by atoms with Gasteiger partial charge in [0.1, 0.15) is 0 Å². The van der Waals surface area contributed by atoms with Crippen molar-refractivity contribution in [3.63, 3.8) is 0 Å². The van der Waals surface area contributed by atoms with Crippen LogP contribution >= 0.6 is 0 Å². The fourth-order valence-electron chi connectivity index (χ4n) is 8.80. The van der Waals surface area contributed by atoms with Crippen molar-refractivity contribution in [1.29, 1.82) is 0 Å². The molecule has 0 spiro atoms. The lowest BCUT2D eigenvalue weighted by Crippen LogP contribution is -2.50. The molecular weight excluding hydrogens is 683 g/mol. The van der Waals surface area contributed by atoms with E-state index in [1.165, 1.54) is 304 Å². The second-order valence-corrected chi connectivity index (χ2v) is 18.4. The zero-order valence-corrected chi connectivity index (χ0v) is 39.5. The lowest BCUT2D eigenvalue weighted by Gasteiger charge is -2.36. The molecule has 1 saturated heterocycles. The van der Waals surface area contributed by atoms with E-state index in [1.807, 2.05) is 0 Å². The molecule has 0 saturated carbocycles. The zero-order chi connectivity index (χ0) is 40.3. The van der Waals surface area contributed by atoms with Gasteiger partial charge in [0.15, 0.2) is 0 Å². The molecule has 0 aromatic carbocycles. The van der Waals surface area contributed by atoms with Crippen LogP contribution in [0.15, 0.2) is 0 Å². The fraction of sp³-hybridized carbons (Fsp3) is 1.00. The SMILES string of the molecule is CCCCCCCCCCCCCCNCCN1CCN(CCN(CCCCCCCCC)CCN(CCCCCCCCC)CCCCCCCCC)CC1. The minimum absolute atomic E-state index is 1.17. The Morgan fingerprint density at radius 1 is 0.286 bits per heavy atom. The van der Waals surface area contributed by atoms with Crippen molar-refractivity contribution in [3.8, 4) is 0 Å². The summed E-state index contributed by atoms with van der Waals surface area (Å²) in [6.07, 6.45) is 47.0. The summed E-state index contributed by atoms with van der Waals surface area (Å²) in [5, 5.41) is 3.77. The first-order valence-electron chi connectivity index (χ1n) is 26.3. The van der Waals surface area contributed by atoms with Gasteiger partial charge in [-0.25, -0.2) is 0 Å². The van der Waals surface area contributed by atoms with Gasteiger partial charge in [0, 0.05) is 65.4 Å². The van der Waals surface area contributed by atoms with E-state index in [0.717, 1.165) is 0 Å². The highest BCUT2D eigenvalue weighted by Gasteiger charge is 2.18. The maximum Gasteiger partial charge on any atom is 0.0110 e. The van der Waals surface area contributed by atoms with E-state index in [9.17, 15) is 0 Å². The summed E-state index contributed by atoms with van der Waals surface area (Å²) in [5.41, 5.74) is 0. The molecule has 5 nitrogen and oxygen atoms in total. The van der Waals surface area contributed by atoms with Crippen LogP contribution in [0.2, 0.25) is 0 Å². The molecule has 56 heavy (non-hydrogen) atoms. The molecule has 0 amide bonds. The van der Waals surface area contributed by atoms with Crippen LogP contribution in [0.5, 0.6) is 0 Å². The summed E-state index contributed by atoms with van der Waals surface area (Å²) in [6.45, 7) is 27.0. The molecule has 336 valence electrons. The Morgan fingerprint density at radius 2 is 0.571 bits per heavy atom. The predicted octanol–water partition coefficient (Wildman–Crippen LogP) is 13.8. The van der Waals surface area contributed by atoms with E-state index in [2.05, 4.69) is 52.6 Å². The topological polar surface area (TPSA) is 25.0 Å². The third-order valence-electron chi connectivity index (χ3n) is 13.0. The van der Waals surface area contributed by atoms with Crippen LogP contribution < -0.4 is 5.32 Å². The Labute approximate surface area is 355 Å². The first-order valence-corrected chi connectivity index (χ1v) is 26.3. The van der Waals surface area contributed by atoms with Gasteiger partial charge in [-0.2, -0.15) is 0 Å². The summed E-state index contributed by atoms with van der Waals surface area (Å²) in [7, 11) is 0. The largest absolute Gasteiger partial charge is 0.315 e.